The van der Waals surface area contributed by atoms with E-state index in [9.17, 15) is 0 Å². The molecule has 0 aliphatic heterocycles. The molecule has 0 N–H and O–H groups in total. The molecule has 0 spiro atoms. The molecule has 0 rings (SSSR count). The van der Waals surface area contributed by atoms with E-state index in [0.29, 0.717) is 0 Å². The molecule has 0 amide bonds. The van der Waals surface area contributed by atoms with E-state index in [1.165, 1.54) is 135 Å². The van der Waals surface area contributed by atoms with Gasteiger partial charge in [0.25, 0.3) is 0 Å². The minimum atomic E-state index is 0.819. The Morgan fingerprint density at radius 1 is 0.407 bits per heavy atom. The standard InChI is InChI=1S/C26H53O/c1-3-5-6-7-8-9-10-11-12-13-14-15-16-17-18-19-20-21-22-23-24-25-26-27-4-2/h26H,3-25H2,1-2H3. The van der Waals surface area contributed by atoms with E-state index >= 15 is 0 Å². The Kier molecular flexibility index (Phi) is 25.9. The Hall–Kier alpha value is -0.0400. The van der Waals surface area contributed by atoms with Gasteiger partial charge in [0.1, 0.15) is 0 Å². The van der Waals surface area contributed by atoms with Crippen LogP contribution < -0.4 is 0 Å². The summed E-state index contributed by atoms with van der Waals surface area (Å²) in [4.78, 5) is 0. The van der Waals surface area contributed by atoms with Gasteiger partial charge in [0.15, 0.2) is 0 Å². The third-order valence-corrected chi connectivity index (χ3v) is 5.71. The lowest BCUT2D eigenvalue weighted by molar-refractivity contribution is 0.205. The van der Waals surface area contributed by atoms with Crippen molar-refractivity contribution in [1.82, 2.24) is 0 Å². The number of ether oxygens (including phenoxy) is 1. The van der Waals surface area contributed by atoms with E-state index < -0.39 is 0 Å². The average molecular weight is 382 g/mol. The van der Waals surface area contributed by atoms with Gasteiger partial charge in [-0.3, -0.25) is 0 Å². The van der Waals surface area contributed by atoms with Crippen LogP contribution in [0.1, 0.15) is 155 Å². The summed E-state index contributed by atoms with van der Waals surface area (Å²) in [5.74, 6) is 0. The molecule has 0 saturated carbocycles. The maximum Gasteiger partial charge on any atom is 0.0836 e. The van der Waals surface area contributed by atoms with Crippen molar-refractivity contribution in [3.63, 3.8) is 0 Å². The van der Waals surface area contributed by atoms with Crippen LogP contribution in [0, 0.1) is 6.61 Å². The Bertz CT molecular complexity index is 214. The number of hydrogen-bond donors (Lipinski definition) is 0. The summed E-state index contributed by atoms with van der Waals surface area (Å²) in [5.41, 5.74) is 0. The molecule has 0 saturated heterocycles. The molecule has 163 valence electrons. The highest BCUT2D eigenvalue weighted by molar-refractivity contribution is 4.53. The topological polar surface area (TPSA) is 9.23 Å². The van der Waals surface area contributed by atoms with Crippen LogP contribution in [0.3, 0.4) is 0 Å². The SMILES string of the molecule is CCCCCCCCCCCCCCCCCCCCCCC[CH]OCC. The molecule has 0 aliphatic carbocycles. The zero-order chi connectivity index (χ0) is 19.7. The first-order chi connectivity index (χ1) is 13.4. The van der Waals surface area contributed by atoms with Crippen molar-refractivity contribution < 1.29 is 4.74 Å². The van der Waals surface area contributed by atoms with E-state index in [2.05, 4.69) is 13.8 Å². The van der Waals surface area contributed by atoms with Gasteiger partial charge in [-0.2, -0.15) is 0 Å². The second-order valence-corrected chi connectivity index (χ2v) is 8.48. The zero-order valence-electron chi connectivity index (χ0n) is 19.2. The molecule has 1 radical (unpaired) electrons. The highest BCUT2D eigenvalue weighted by atomic mass is 16.5. The number of hydrogen-bond acceptors (Lipinski definition) is 1. The molecular formula is C26H53O. The molecule has 0 atom stereocenters. The maximum atomic E-state index is 5.25. The van der Waals surface area contributed by atoms with Gasteiger partial charge in [-0.15, -0.1) is 0 Å². The minimum Gasteiger partial charge on any atom is -0.376 e. The largest absolute Gasteiger partial charge is 0.376 e. The molecule has 0 unspecified atom stereocenters. The van der Waals surface area contributed by atoms with Crippen molar-refractivity contribution in [2.45, 2.75) is 155 Å². The van der Waals surface area contributed by atoms with Gasteiger partial charge < -0.3 is 4.74 Å². The van der Waals surface area contributed by atoms with Crippen LogP contribution in [0.5, 0.6) is 0 Å². The summed E-state index contributed by atoms with van der Waals surface area (Å²) in [6.07, 6.45) is 31.6. The van der Waals surface area contributed by atoms with Gasteiger partial charge in [0.2, 0.25) is 0 Å². The van der Waals surface area contributed by atoms with Crippen LogP contribution in [0.25, 0.3) is 0 Å². The van der Waals surface area contributed by atoms with E-state index in [1.54, 1.807) is 0 Å². The van der Waals surface area contributed by atoms with Crippen LogP contribution in [0.15, 0.2) is 0 Å². The molecule has 0 aromatic rings. The zero-order valence-corrected chi connectivity index (χ0v) is 19.2. The van der Waals surface area contributed by atoms with Crippen molar-refractivity contribution in [1.29, 1.82) is 0 Å². The first-order valence-electron chi connectivity index (χ1n) is 12.8. The second kappa shape index (κ2) is 26.0. The van der Waals surface area contributed by atoms with Gasteiger partial charge >= 0.3 is 0 Å². The van der Waals surface area contributed by atoms with Crippen molar-refractivity contribution in [2.75, 3.05) is 6.61 Å². The van der Waals surface area contributed by atoms with E-state index in [-0.39, 0.29) is 0 Å². The first kappa shape index (κ1) is 27.0. The Labute approximate surface area is 173 Å². The lowest BCUT2D eigenvalue weighted by Gasteiger charge is -2.04. The van der Waals surface area contributed by atoms with Crippen molar-refractivity contribution in [3.05, 3.63) is 6.61 Å². The van der Waals surface area contributed by atoms with Gasteiger partial charge in [0, 0.05) is 6.61 Å². The summed E-state index contributed by atoms with van der Waals surface area (Å²) < 4.78 is 5.25. The van der Waals surface area contributed by atoms with Crippen molar-refractivity contribution in [2.24, 2.45) is 0 Å². The maximum absolute atomic E-state index is 5.25. The summed E-state index contributed by atoms with van der Waals surface area (Å²) >= 11 is 0. The summed E-state index contributed by atoms with van der Waals surface area (Å²) in [7, 11) is 0. The molecule has 0 fully saturated rings. The molecule has 1 heteroatoms. The second-order valence-electron chi connectivity index (χ2n) is 8.48. The lowest BCUT2D eigenvalue weighted by atomic mass is 10.0. The molecular weight excluding hydrogens is 328 g/mol. The minimum absolute atomic E-state index is 0.819. The fraction of sp³-hybridized carbons (Fsp3) is 0.962. The van der Waals surface area contributed by atoms with Crippen LogP contribution in [-0.4, -0.2) is 6.61 Å². The highest BCUT2D eigenvalue weighted by Crippen LogP contribution is 2.15. The van der Waals surface area contributed by atoms with Crippen LogP contribution in [0.4, 0.5) is 0 Å². The summed E-state index contributed by atoms with van der Waals surface area (Å²) in [6.45, 7) is 7.15. The smallest absolute Gasteiger partial charge is 0.0836 e. The van der Waals surface area contributed by atoms with Gasteiger partial charge in [-0.1, -0.05) is 142 Å². The van der Waals surface area contributed by atoms with Crippen molar-refractivity contribution in [3.8, 4) is 0 Å². The van der Waals surface area contributed by atoms with Crippen LogP contribution >= 0.6 is 0 Å². The molecule has 1 nitrogen and oxygen atoms in total. The monoisotopic (exact) mass is 381 g/mol. The molecule has 0 bridgehead atoms. The molecule has 0 aliphatic rings. The van der Waals surface area contributed by atoms with Gasteiger partial charge in [0.05, 0.1) is 6.61 Å². The fourth-order valence-electron chi connectivity index (χ4n) is 3.86. The van der Waals surface area contributed by atoms with Gasteiger partial charge in [-0.05, 0) is 13.3 Å². The number of rotatable bonds is 24. The third kappa shape index (κ3) is 26.0. The molecule has 0 aromatic carbocycles. The normalized spacial score (nSPS) is 11.3. The van der Waals surface area contributed by atoms with E-state index in [0.717, 1.165) is 13.0 Å². The molecule has 27 heavy (non-hydrogen) atoms. The highest BCUT2D eigenvalue weighted by Gasteiger charge is 1.96. The lowest BCUT2D eigenvalue weighted by Crippen LogP contribution is -1.87. The predicted octanol–water partition coefficient (Wildman–Crippen LogP) is 9.79. The third-order valence-electron chi connectivity index (χ3n) is 5.71. The molecule has 0 aromatic heterocycles. The van der Waals surface area contributed by atoms with E-state index in [4.69, 9.17) is 4.74 Å². The van der Waals surface area contributed by atoms with Crippen molar-refractivity contribution >= 4 is 0 Å². The quantitative estimate of drug-likeness (QED) is 0.151. The van der Waals surface area contributed by atoms with Crippen LogP contribution in [0.2, 0.25) is 0 Å². The Balaban J connectivity index is 2.95. The predicted molar refractivity (Wildman–Crippen MR) is 123 cm³/mol. The average Bonchev–Trinajstić information content (AvgIpc) is 2.68. The van der Waals surface area contributed by atoms with Gasteiger partial charge in [-0.25, -0.2) is 0 Å². The number of unbranched alkanes of at least 4 members (excludes halogenated alkanes) is 21. The first-order valence-corrected chi connectivity index (χ1v) is 12.8. The molecule has 0 heterocycles. The summed E-state index contributed by atoms with van der Waals surface area (Å²) in [5, 5.41) is 0. The summed E-state index contributed by atoms with van der Waals surface area (Å²) in [6, 6.07) is 0. The fourth-order valence-corrected chi connectivity index (χ4v) is 3.86. The Morgan fingerprint density at radius 3 is 1.00 bits per heavy atom. The van der Waals surface area contributed by atoms with Crippen LogP contribution in [-0.2, 0) is 4.74 Å². The Morgan fingerprint density at radius 2 is 0.704 bits per heavy atom. The van der Waals surface area contributed by atoms with E-state index in [1.807, 2.05) is 6.61 Å².